The molecule has 0 fully saturated rings. The summed E-state index contributed by atoms with van der Waals surface area (Å²) in [6.45, 7) is 2.29. The summed E-state index contributed by atoms with van der Waals surface area (Å²) in [7, 11) is -3.82. The molecule has 8 heteroatoms. The van der Waals surface area contributed by atoms with Crippen LogP contribution in [0.4, 0.5) is 0 Å². The first-order valence-electron chi connectivity index (χ1n) is 5.25. The molecule has 0 unspecified atom stereocenters. The van der Waals surface area contributed by atoms with Crippen molar-refractivity contribution in [2.24, 2.45) is 0 Å². The fourth-order valence-electron chi connectivity index (χ4n) is 1.29. The third-order valence-corrected chi connectivity index (χ3v) is 3.61. The van der Waals surface area contributed by atoms with Crippen molar-refractivity contribution in [1.82, 2.24) is 14.9 Å². The third kappa shape index (κ3) is 3.53. The minimum absolute atomic E-state index is 0.286. The molecule has 1 aromatic rings. The van der Waals surface area contributed by atoms with E-state index in [0.29, 0.717) is 6.42 Å². The van der Waals surface area contributed by atoms with Crippen molar-refractivity contribution in [2.45, 2.75) is 31.2 Å². The molecule has 7 nitrogen and oxygen atoms in total. The lowest BCUT2D eigenvalue weighted by Crippen LogP contribution is -2.26. The molecule has 0 atom stereocenters. The van der Waals surface area contributed by atoms with Gasteiger partial charge in [-0.2, -0.15) is 5.10 Å². The van der Waals surface area contributed by atoms with E-state index >= 15 is 0 Å². The van der Waals surface area contributed by atoms with E-state index in [2.05, 4.69) is 14.9 Å². The van der Waals surface area contributed by atoms with Gasteiger partial charge in [0.15, 0.2) is 5.03 Å². The number of nitrogens with one attached hydrogen (secondary N) is 2. The molecule has 0 aromatic carbocycles. The van der Waals surface area contributed by atoms with Crippen LogP contribution in [0, 0.1) is 0 Å². The summed E-state index contributed by atoms with van der Waals surface area (Å²) in [5.41, 5.74) is -0.354. The average molecular weight is 261 g/mol. The van der Waals surface area contributed by atoms with Gasteiger partial charge < -0.3 is 5.11 Å². The molecule has 0 aliphatic carbocycles. The molecule has 96 valence electrons. The highest BCUT2D eigenvalue weighted by Crippen LogP contribution is 2.11. The Hall–Kier alpha value is -1.41. The van der Waals surface area contributed by atoms with Crippen LogP contribution >= 0.6 is 0 Å². The first-order valence-corrected chi connectivity index (χ1v) is 6.73. The molecule has 0 saturated carbocycles. The van der Waals surface area contributed by atoms with Gasteiger partial charge in [-0.1, -0.05) is 19.8 Å². The zero-order valence-electron chi connectivity index (χ0n) is 9.43. The standard InChI is InChI=1S/C9H15N3O4S/c1-2-3-4-5-11-17(15,16)8-7(9(13)14)6-10-12-8/h6,11H,2-5H2,1H3,(H,10,12)(H,13,14). The van der Waals surface area contributed by atoms with Crippen molar-refractivity contribution in [1.29, 1.82) is 0 Å². The minimum atomic E-state index is -3.82. The summed E-state index contributed by atoms with van der Waals surface area (Å²) >= 11 is 0. The number of hydrogen-bond donors (Lipinski definition) is 3. The van der Waals surface area contributed by atoms with Crippen molar-refractivity contribution < 1.29 is 18.3 Å². The number of aromatic amines is 1. The maximum absolute atomic E-state index is 11.7. The summed E-state index contributed by atoms with van der Waals surface area (Å²) in [5, 5.41) is 14.0. The third-order valence-electron chi connectivity index (χ3n) is 2.18. The Labute approximate surface area is 99.3 Å². The first kappa shape index (κ1) is 13.7. The zero-order chi connectivity index (χ0) is 12.9. The number of nitrogens with zero attached hydrogens (tertiary/aromatic N) is 1. The summed E-state index contributed by atoms with van der Waals surface area (Å²) in [6.07, 6.45) is 3.58. The number of carboxylic acids is 1. The van der Waals surface area contributed by atoms with Gasteiger partial charge >= 0.3 is 5.97 Å². The minimum Gasteiger partial charge on any atom is -0.478 e. The number of aromatic nitrogens is 2. The molecule has 0 spiro atoms. The molecule has 1 rings (SSSR count). The molecule has 1 heterocycles. The van der Waals surface area contributed by atoms with E-state index in [-0.39, 0.29) is 12.1 Å². The Morgan fingerprint density at radius 3 is 2.82 bits per heavy atom. The van der Waals surface area contributed by atoms with E-state index in [1.807, 2.05) is 6.92 Å². The zero-order valence-corrected chi connectivity index (χ0v) is 10.2. The second-order valence-electron chi connectivity index (χ2n) is 3.52. The number of hydrogen-bond acceptors (Lipinski definition) is 4. The quantitative estimate of drug-likeness (QED) is 0.621. The van der Waals surface area contributed by atoms with E-state index < -0.39 is 21.0 Å². The van der Waals surface area contributed by atoms with Gasteiger partial charge in [0.25, 0.3) is 10.0 Å². The van der Waals surface area contributed by atoms with Crippen molar-refractivity contribution in [2.75, 3.05) is 6.54 Å². The van der Waals surface area contributed by atoms with Gasteiger partial charge in [0, 0.05) is 6.54 Å². The molecule has 3 N–H and O–H groups in total. The normalized spacial score (nSPS) is 11.6. The number of sulfonamides is 1. The van der Waals surface area contributed by atoms with Gasteiger partial charge in [-0.15, -0.1) is 0 Å². The molecule has 0 amide bonds. The Bertz CT molecular complexity index is 480. The second-order valence-corrected chi connectivity index (χ2v) is 5.23. The number of carboxylic acid groups (broad SMARTS) is 1. The monoisotopic (exact) mass is 261 g/mol. The Morgan fingerprint density at radius 1 is 1.53 bits per heavy atom. The van der Waals surface area contributed by atoms with E-state index in [1.165, 1.54) is 0 Å². The number of unbranched alkanes of at least 4 members (excludes halogenated alkanes) is 2. The van der Waals surface area contributed by atoms with E-state index in [4.69, 9.17) is 5.11 Å². The van der Waals surface area contributed by atoms with Gasteiger partial charge in [-0.25, -0.2) is 17.9 Å². The van der Waals surface area contributed by atoms with Crippen molar-refractivity contribution >= 4 is 16.0 Å². The van der Waals surface area contributed by atoms with Crippen LogP contribution in [-0.4, -0.2) is 36.2 Å². The lowest BCUT2D eigenvalue weighted by atomic mass is 10.3. The van der Waals surface area contributed by atoms with Crippen LogP contribution in [-0.2, 0) is 10.0 Å². The molecule has 0 radical (unpaired) electrons. The highest BCUT2D eigenvalue weighted by Gasteiger charge is 2.24. The number of carbonyl (C=O) groups is 1. The summed E-state index contributed by atoms with van der Waals surface area (Å²) in [5.74, 6) is -1.33. The molecule has 0 aliphatic heterocycles. The molecule has 1 aromatic heterocycles. The summed E-state index contributed by atoms with van der Waals surface area (Å²) < 4.78 is 25.8. The van der Waals surface area contributed by atoms with Crippen molar-refractivity contribution in [3.05, 3.63) is 11.8 Å². The maximum atomic E-state index is 11.7. The summed E-state index contributed by atoms with van der Waals surface area (Å²) in [4.78, 5) is 10.8. The van der Waals surface area contributed by atoms with E-state index in [9.17, 15) is 13.2 Å². The van der Waals surface area contributed by atoms with Crippen LogP contribution in [0.15, 0.2) is 11.2 Å². The lowest BCUT2D eigenvalue weighted by Gasteiger charge is -2.04. The number of aromatic carboxylic acids is 1. The van der Waals surface area contributed by atoms with Crippen molar-refractivity contribution in [3.63, 3.8) is 0 Å². The van der Waals surface area contributed by atoms with Gasteiger partial charge in [-0.05, 0) is 6.42 Å². The van der Waals surface area contributed by atoms with Crippen LogP contribution in [0.25, 0.3) is 0 Å². The number of H-pyrrole nitrogens is 1. The molecular formula is C9H15N3O4S. The van der Waals surface area contributed by atoms with Gasteiger partial charge in [0.05, 0.1) is 6.20 Å². The molecule has 17 heavy (non-hydrogen) atoms. The van der Waals surface area contributed by atoms with Crippen LogP contribution < -0.4 is 4.72 Å². The Morgan fingerprint density at radius 2 is 2.24 bits per heavy atom. The first-order chi connectivity index (χ1) is 7.99. The van der Waals surface area contributed by atoms with Gasteiger partial charge in [-0.3, -0.25) is 5.10 Å². The maximum Gasteiger partial charge on any atom is 0.340 e. The summed E-state index contributed by atoms with van der Waals surface area (Å²) in [6, 6.07) is 0. The molecule has 0 bridgehead atoms. The van der Waals surface area contributed by atoms with Crippen molar-refractivity contribution in [3.8, 4) is 0 Å². The highest BCUT2D eigenvalue weighted by atomic mass is 32.2. The van der Waals surface area contributed by atoms with E-state index in [1.54, 1.807) is 0 Å². The van der Waals surface area contributed by atoms with Crippen LogP contribution in [0.1, 0.15) is 36.5 Å². The topological polar surface area (TPSA) is 112 Å². The number of rotatable bonds is 7. The van der Waals surface area contributed by atoms with Crippen LogP contribution in [0.5, 0.6) is 0 Å². The largest absolute Gasteiger partial charge is 0.478 e. The van der Waals surface area contributed by atoms with Gasteiger partial charge in [0.2, 0.25) is 0 Å². The van der Waals surface area contributed by atoms with E-state index in [0.717, 1.165) is 19.0 Å². The lowest BCUT2D eigenvalue weighted by molar-refractivity contribution is 0.0692. The Kier molecular flexibility index (Phi) is 4.64. The fourth-order valence-corrected chi connectivity index (χ4v) is 2.45. The molecule has 0 saturated heterocycles. The molecule has 0 aliphatic rings. The van der Waals surface area contributed by atoms with Gasteiger partial charge in [0.1, 0.15) is 5.56 Å². The second kappa shape index (κ2) is 5.78. The van der Waals surface area contributed by atoms with Crippen LogP contribution in [0.2, 0.25) is 0 Å². The molecular weight excluding hydrogens is 246 g/mol. The SMILES string of the molecule is CCCCCNS(=O)(=O)c1[nH]ncc1C(=O)O. The Balaban J connectivity index is 2.76. The predicted octanol–water partition coefficient (Wildman–Crippen LogP) is 0.576. The average Bonchev–Trinajstić information content (AvgIpc) is 2.74. The predicted molar refractivity (Wildman–Crippen MR) is 60.3 cm³/mol. The van der Waals surface area contributed by atoms with Crippen LogP contribution in [0.3, 0.4) is 0 Å². The smallest absolute Gasteiger partial charge is 0.340 e. The highest BCUT2D eigenvalue weighted by molar-refractivity contribution is 7.89. The fraction of sp³-hybridized carbons (Fsp3) is 0.556.